The number of hydrogen-bond acceptors (Lipinski definition) is 4. The number of para-hydroxylation sites is 2. The van der Waals surface area contributed by atoms with Crippen LogP contribution in [0.25, 0.3) is 0 Å². The highest BCUT2D eigenvalue weighted by Gasteiger charge is 2.08. The predicted molar refractivity (Wildman–Crippen MR) is 100 cm³/mol. The molecule has 6 heteroatoms. The number of hydrogen-bond donors (Lipinski definition) is 3. The summed E-state index contributed by atoms with van der Waals surface area (Å²) >= 11 is 0. The Morgan fingerprint density at radius 3 is 2.16 bits per heavy atom. The van der Waals surface area contributed by atoms with Crippen LogP contribution in [0.3, 0.4) is 0 Å². The van der Waals surface area contributed by atoms with Crippen LogP contribution in [0.1, 0.15) is 13.8 Å². The van der Waals surface area contributed by atoms with Crippen LogP contribution < -0.4 is 20.7 Å². The van der Waals surface area contributed by atoms with E-state index in [1.165, 1.54) is 0 Å². The van der Waals surface area contributed by atoms with Gasteiger partial charge in [0, 0.05) is 17.3 Å². The minimum Gasteiger partial charge on any atom is -0.495 e. The molecule has 25 heavy (non-hydrogen) atoms. The number of rotatable bonds is 7. The van der Waals surface area contributed by atoms with E-state index in [9.17, 15) is 9.59 Å². The second-order valence-electron chi connectivity index (χ2n) is 5.82. The molecule has 0 aliphatic heterocycles. The van der Waals surface area contributed by atoms with E-state index in [4.69, 9.17) is 4.74 Å². The number of carbonyl (C=O) groups excluding carboxylic acids is 2. The third-order valence-corrected chi connectivity index (χ3v) is 3.51. The maximum atomic E-state index is 12.1. The summed E-state index contributed by atoms with van der Waals surface area (Å²) < 4.78 is 5.23. The normalized spacial score (nSPS) is 10.2. The number of ether oxygens (including phenoxy) is 1. The van der Waals surface area contributed by atoms with Gasteiger partial charge in [0.15, 0.2) is 0 Å². The molecule has 0 atom stereocenters. The lowest BCUT2D eigenvalue weighted by atomic mass is 10.2. The van der Waals surface area contributed by atoms with Crippen molar-refractivity contribution in [1.29, 1.82) is 0 Å². The van der Waals surface area contributed by atoms with Crippen molar-refractivity contribution in [3.63, 3.8) is 0 Å². The summed E-state index contributed by atoms with van der Waals surface area (Å²) in [7, 11) is 1.58. The summed E-state index contributed by atoms with van der Waals surface area (Å²) in [6.07, 6.45) is 0. The van der Waals surface area contributed by atoms with Gasteiger partial charge in [-0.2, -0.15) is 0 Å². The molecule has 3 N–H and O–H groups in total. The summed E-state index contributed by atoms with van der Waals surface area (Å²) in [5.74, 6) is 0.378. The molecule has 0 heterocycles. The predicted octanol–water partition coefficient (Wildman–Crippen LogP) is 3.34. The number of benzene rings is 2. The Hall–Kier alpha value is -3.02. The van der Waals surface area contributed by atoms with Gasteiger partial charge in [-0.25, -0.2) is 0 Å². The monoisotopic (exact) mass is 341 g/mol. The first kappa shape index (κ1) is 18.3. The Balaban J connectivity index is 1.87. The minimum atomic E-state index is -0.176. The SMILES string of the molecule is COc1ccccc1NCC(=O)Nc1ccc(NC(=O)C(C)C)cc1. The summed E-state index contributed by atoms with van der Waals surface area (Å²) in [6, 6.07) is 14.4. The van der Waals surface area contributed by atoms with E-state index in [-0.39, 0.29) is 24.3 Å². The average Bonchev–Trinajstić information content (AvgIpc) is 2.61. The van der Waals surface area contributed by atoms with Crippen LogP contribution in [-0.4, -0.2) is 25.5 Å². The number of carbonyl (C=O) groups is 2. The average molecular weight is 341 g/mol. The Bertz CT molecular complexity index is 727. The lowest BCUT2D eigenvalue weighted by Crippen LogP contribution is -2.22. The van der Waals surface area contributed by atoms with E-state index >= 15 is 0 Å². The van der Waals surface area contributed by atoms with Gasteiger partial charge in [0.05, 0.1) is 19.3 Å². The lowest BCUT2D eigenvalue weighted by molar-refractivity contribution is -0.119. The minimum absolute atomic E-state index is 0.0437. The van der Waals surface area contributed by atoms with Crippen LogP contribution in [0.4, 0.5) is 17.1 Å². The molecule has 0 aromatic heterocycles. The van der Waals surface area contributed by atoms with Crippen LogP contribution in [0.15, 0.2) is 48.5 Å². The highest BCUT2D eigenvalue weighted by Crippen LogP contribution is 2.22. The Kier molecular flexibility index (Phi) is 6.39. The third kappa shape index (κ3) is 5.53. The Labute approximate surface area is 147 Å². The standard InChI is InChI=1S/C19H23N3O3/c1-13(2)19(24)22-15-10-8-14(9-11-15)21-18(23)12-20-16-6-4-5-7-17(16)25-3/h4-11,13,20H,12H2,1-3H3,(H,21,23)(H,22,24). The van der Waals surface area contributed by atoms with Crippen LogP contribution in [0, 0.1) is 5.92 Å². The fourth-order valence-electron chi connectivity index (χ4n) is 2.09. The maximum absolute atomic E-state index is 12.1. The van der Waals surface area contributed by atoms with Crippen molar-refractivity contribution in [2.45, 2.75) is 13.8 Å². The molecule has 0 unspecified atom stereocenters. The molecule has 0 radical (unpaired) electrons. The van der Waals surface area contributed by atoms with E-state index in [1.54, 1.807) is 31.4 Å². The first-order valence-electron chi connectivity index (χ1n) is 8.07. The molecule has 0 spiro atoms. The number of nitrogens with one attached hydrogen (secondary N) is 3. The quantitative estimate of drug-likeness (QED) is 0.722. The van der Waals surface area contributed by atoms with Gasteiger partial charge in [0.1, 0.15) is 5.75 Å². The van der Waals surface area contributed by atoms with Crippen molar-refractivity contribution in [3.8, 4) is 5.75 Å². The molecule has 132 valence electrons. The zero-order valence-corrected chi connectivity index (χ0v) is 14.6. The number of amides is 2. The summed E-state index contributed by atoms with van der Waals surface area (Å²) in [5.41, 5.74) is 2.12. The van der Waals surface area contributed by atoms with Gasteiger partial charge in [-0.05, 0) is 36.4 Å². The Morgan fingerprint density at radius 1 is 0.960 bits per heavy atom. The van der Waals surface area contributed by atoms with Gasteiger partial charge in [0.2, 0.25) is 11.8 Å². The van der Waals surface area contributed by atoms with Crippen LogP contribution in [-0.2, 0) is 9.59 Å². The first-order chi connectivity index (χ1) is 12.0. The summed E-state index contributed by atoms with van der Waals surface area (Å²) in [4.78, 5) is 23.7. The summed E-state index contributed by atoms with van der Waals surface area (Å²) in [5, 5.41) is 8.64. The topological polar surface area (TPSA) is 79.5 Å². The number of anilines is 3. The van der Waals surface area contributed by atoms with Crippen LogP contribution in [0.2, 0.25) is 0 Å². The van der Waals surface area contributed by atoms with Gasteiger partial charge in [-0.1, -0.05) is 26.0 Å². The van der Waals surface area contributed by atoms with E-state index in [2.05, 4.69) is 16.0 Å². The maximum Gasteiger partial charge on any atom is 0.243 e. The smallest absolute Gasteiger partial charge is 0.243 e. The fourth-order valence-corrected chi connectivity index (χ4v) is 2.09. The number of methoxy groups -OCH3 is 1. The van der Waals surface area contributed by atoms with Gasteiger partial charge in [0.25, 0.3) is 0 Å². The molecule has 2 amide bonds. The molecule has 2 aromatic rings. The second-order valence-corrected chi connectivity index (χ2v) is 5.82. The second kappa shape index (κ2) is 8.73. The van der Waals surface area contributed by atoms with Crippen molar-refractivity contribution < 1.29 is 14.3 Å². The lowest BCUT2D eigenvalue weighted by Gasteiger charge is -2.12. The van der Waals surface area contributed by atoms with Crippen molar-refractivity contribution in [3.05, 3.63) is 48.5 Å². The van der Waals surface area contributed by atoms with Gasteiger partial charge in [-0.3, -0.25) is 9.59 Å². The van der Waals surface area contributed by atoms with Gasteiger partial charge < -0.3 is 20.7 Å². The van der Waals surface area contributed by atoms with Gasteiger partial charge >= 0.3 is 0 Å². The van der Waals surface area contributed by atoms with E-state index in [1.807, 2.05) is 38.1 Å². The molecule has 6 nitrogen and oxygen atoms in total. The van der Waals surface area contributed by atoms with E-state index in [0.717, 1.165) is 5.69 Å². The third-order valence-electron chi connectivity index (χ3n) is 3.51. The van der Waals surface area contributed by atoms with E-state index in [0.29, 0.717) is 17.1 Å². The Morgan fingerprint density at radius 2 is 1.56 bits per heavy atom. The first-order valence-corrected chi connectivity index (χ1v) is 8.07. The summed E-state index contributed by atoms with van der Waals surface area (Å²) in [6.45, 7) is 3.78. The van der Waals surface area contributed by atoms with Crippen molar-refractivity contribution in [2.24, 2.45) is 5.92 Å². The zero-order chi connectivity index (χ0) is 18.2. The van der Waals surface area contributed by atoms with Crippen molar-refractivity contribution in [1.82, 2.24) is 0 Å². The highest BCUT2D eigenvalue weighted by molar-refractivity contribution is 5.95. The zero-order valence-electron chi connectivity index (χ0n) is 14.6. The molecular weight excluding hydrogens is 318 g/mol. The molecule has 0 saturated heterocycles. The molecule has 2 aromatic carbocycles. The largest absolute Gasteiger partial charge is 0.495 e. The molecule has 0 aliphatic carbocycles. The molecule has 0 fully saturated rings. The van der Waals surface area contributed by atoms with Gasteiger partial charge in [-0.15, -0.1) is 0 Å². The van der Waals surface area contributed by atoms with E-state index < -0.39 is 0 Å². The molecule has 0 aliphatic rings. The van der Waals surface area contributed by atoms with Crippen LogP contribution in [0.5, 0.6) is 5.75 Å². The van der Waals surface area contributed by atoms with Crippen molar-refractivity contribution >= 4 is 28.9 Å². The highest BCUT2D eigenvalue weighted by atomic mass is 16.5. The van der Waals surface area contributed by atoms with Crippen molar-refractivity contribution in [2.75, 3.05) is 29.6 Å². The molecule has 0 saturated carbocycles. The van der Waals surface area contributed by atoms with Crippen LogP contribution >= 0.6 is 0 Å². The molecule has 0 bridgehead atoms. The molecular formula is C19H23N3O3. The molecule has 2 rings (SSSR count). The fraction of sp³-hybridized carbons (Fsp3) is 0.263.